The quantitative estimate of drug-likeness (QED) is 0.403. The van der Waals surface area contributed by atoms with Crippen LogP contribution in [-0.4, -0.2) is 77.5 Å². The zero-order chi connectivity index (χ0) is 30.3. The zero-order valence-corrected chi connectivity index (χ0v) is 24.1. The number of hydrogen-bond donors (Lipinski definition) is 3. The molecule has 1 heterocycles. The number of benzene rings is 2. The first kappa shape index (κ1) is 31.2. The van der Waals surface area contributed by atoms with Crippen molar-refractivity contribution in [2.45, 2.75) is 57.8 Å². The first-order valence-corrected chi connectivity index (χ1v) is 13.4. The Labute approximate surface area is 241 Å². The summed E-state index contributed by atoms with van der Waals surface area (Å²) in [7, 11) is 3.20. The predicted molar refractivity (Wildman–Crippen MR) is 154 cm³/mol. The Balaban J connectivity index is 1.84. The van der Waals surface area contributed by atoms with E-state index in [2.05, 4.69) is 16.6 Å². The van der Waals surface area contributed by atoms with Crippen molar-refractivity contribution in [2.24, 2.45) is 5.41 Å². The minimum absolute atomic E-state index is 0.0264. The summed E-state index contributed by atoms with van der Waals surface area (Å²) in [5.74, 6) is 1.53. The topological polar surface area (TPSA) is 128 Å². The van der Waals surface area contributed by atoms with Crippen LogP contribution in [0.15, 0.2) is 54.6 Å². The van der Waals surface area contributed by atoms with Gasteiger partial charge in [-0.05, 0) is 36.8 Å². The summed E-state index contributed by atoms with van der Waals surface area (Å²) >= 11 is 0. The van der Waals surface area contributed by atoms with Crippen LogP contribution in [0.1, 0.15) is 50.8 Å². The fourth-order valence-electron chi connectivity index (χ4n) is 4.72. The Bertz CT molecular complexity index is 1290. The molecule has 0 saturated carbocycles. The number of amides is 4. The molecule has 10 nitrogen and oxygen atoms in total. The van der Waals surface area contributed by atoms with Crippen molar-refractivity contribution < 1.29 is 29.0 Å². The minimum Gasteiger partial charge on any atom is -0.410 e. The molecule has 0 unspecified atom stereocenters. The summed E-state index contributed by atoms with van der Waals surface area (Å²) in [4.78, 5) is 55.6. The number of carbonyl (C=O) groups excluding carboxylic acids is 4. The molecule has 1 aliphatic heterocycles. The third-order valence-electron chi connectivity index (χ3n) is 7.15. The molecule has 0 spiro atoms. The van der Waals surface area contributed by atoms with Gasteiger partial charge >= 0.3 is 6.09 Å². The number of likely N-dealkylation sites (tertiary alicyclic amines) is 1. The smallest absolute Gasteiger partial charge is 0.410 e. The number of carbonyl (C=O) groups is 4. The SMILES string of the molecule is C#Cc1ccc([C@H](C)NC(=O)[C@@H]2C[C@@H](O)CN2C(=O)[C@@H](NC(=O)Oc2ccccc2)C(C)(C)CC(=O)N(C)C)cc1. The Hall–Kier alpha value is -4.36. The fourth-order valence-corrected chi connectivity index (χ4v) is 4.72. The first-order valence-electron chi connectivity index (χ1n) is 13.4. The third-order valence-corrected chi connectivity index (χ3v) is 7.15. The molecule has 10 heteroatoms. The molecular weight excluding hydrogens is 524 g/mol. The molecule has 0 aliphatic carbocycles. The average Bonchev–Trinajstić information content (AvgIpc) is 3.33. The van der Waals surface area contributed by atoms with Crippen molar-refractivity contribution in [1.82, 2.24) is 20.4 Å². The molecular formula is C31H38N4O6. The van der Waals surface area contributed by atoms with Crippen LogP contribution in [0.2, 0.25) is 0 Å². The number of nitrogens with zero attached hydrogens (tertiary/aromatic N) is 2. The second kappa shape index (κ2) is 13.3. The number of β-amino-alcohol motifs (C(OH)–C–C–N with tert-alkyl or cyclic N) is 1. The molecule has 1 aliphatic rings. The normalized spacial score (nSPS) is 18.0. The maximum atomic E-state index is 14.0. The number of rotatable bonds is 9. The van der Waals surface area contributed by atoms with E-state index in [9.17, 15) is 24.3 Å². The van der Waals surface area contributed by atoms with Crippen LogP contribution in [-0.2, 0) is 14.4 Å². The van der Waals surface area contributed by atoms with E-state index in [1.165, 1.54) is 9.80 Å². The lowest BCUT2D eigenvalue weighted by atomic mass is 9.79. The lowest BCUT2D eigenvalue weighted by Gasteiger charge is -2.37. The second-order valence-electron chi connectivity index (χ2n) is 11.1. The van der Waals surface area contributed by atoms with Gasteiger partial charge < -0.3 is 30.3 Å². The molecule has 2 aromatic rings. The van der Waals surface area contributed by atoms with Crippen LogP contribution >= 0.6 is 0 Å². The molecule has 2 aromatic carbocycles. The highest BCUT2D eigenvalue weighted by molar-refractivity contribution is 5.93. The molecule has 218 valence electrons. The van der Waals surface area contributed by atoms with E-state index >= 15 is 0 Å². The molecule has 1 fully saturated rings. The van der Waals surface area contributed by atoms with E-state index < -0.39 is 47.6 Å². The molecule has 0 radical (unpaired) electrons. The van der Waals surface area contributed by atoms with E-state index in [0.29, 0.717) is 5.56 Å². The summed E-state index contributed by atoms with van der Waals surface area (Å²) in [6.07, 6.45) is 3.56. The summed E-state index contributed by atoms with van der Waals surface area (Å²) in [5.41, 5.74) is 0.456. The van der Waals surface area contributed by atoms with E-state index in [1.54, 1.807) is 77.3 Å². The summed E-state index contributed by atoms with van der Waals surface area (Å²) < 4.78 is 5.36. The number of hydrogen-bond acceptors (Lipinski definition) is 6. The second-order valence-corrected chi connectivity index (χ2v) is 11.1. The zero-order valence-electron chi connectivity index (χ0n) is 24.1. The van der Waals surface area contributed by atoms with Gasteiger partial charge in [-0.25, -0.2) is 4.79 Å². The molecule has 0 aromatic heterocycles. The molecule has 4 atom stereocenters. The average molecular weight is 563 g/mol. The van der Waals surface area contributed by atoms with Crippen LogP contribution in [0, 0.1) is 17.8 Å². The highest BCUT2D eigenvalue weighted by Crippen LogP contribution is 2.31. The van der Waals surface area contributed by atoms with Crippen molar-refractivity contribution >= 4 is 23.8 Å². The van der Waals surface area contributed by atoms with Gasteiger partial charge in [-0.3, -0.25) is 14.4 Å². The number of aliphatic hydroxyl groups is 1. The number of aliphatic hydroxyl groups excluding tert-OH is 1. The molecule has 3 rings (SSSR count). The molecule has 3 N–H and O–H groups in total. The lowest BCUT2D eigenvalue weighted by molar-refractivity contribution is -0.143. The van der Waals surface area contributed by atoms with Crippen LogP contribution in [0.3, 0.4) is 0 Å². The molecule has 0 bridgehead atoms. The Morgan fingerprint density at radius 2 is 1.73 bits per heavy atom. The maximum absolute atomic E-state index is 14.0. The van der Waals surface area contributed by atoms with E-state index in [-0.39, 0.29) is 31.0 Å². The van der Waals surface area contributed by atoms with Gasteiger partial charge in [0.05, 0.1) is 12.1 Å². The fraction of sp³-hybridized carbons (Fsp3) is 0.419. The van der Waals surface area contributed by atoms with Crippen LogP contribution in [0.25, 0.3) is 0 Å². The minimum atomic E-state index is -1.24. The molecule has 41 heavy (non-hydrogen) atoms. The van der Waals surface area contributed by atoms with Crippen molar-refractivity contribution in [3.63, 3.8) is 0 Å². The molecule has 4 amide bonds. The number of para-hydroxylation sites is 1. The van der Waals surface area contributed by atoms with Gasteiger partial charge in [-0.1, -0.05) is 50.1 Å². The third kappa shape index (κ3) is 8.08. The van der Waals surface area contributed by atoms with Gasteiger partial charge in [0.25, 0.3) is 0 Å². The van der Waals surface area contributed by atoms with Gasteiger partial charge in [-0.2, -0.15) is 0 Å². The number of nitrogens with one attached hydrogen (secondary N) is 2. The monoisotopic (exact) mass is 562 g/mol. The van der Waals surface area contributed by atoms with Crippen molar-refractivity contribution in [2.75, 3.05) is 20.6 Å². The van der Waals surface area contributed by atoms with Crippen LogP contribution in [0.4, 0.5) is 4.79 Å². The number of ether oxygens (including phenoxy) is 1. The van der Waals surface area contributed by atoms with Crippen molar-refractivity contribution in [3.8, 4) is 18.1 Å². The summed E-state index contributed by atoms with van der Waals surface area (Å²) in [6, 6.07) is 12.9. The molecule has 1 saturated heterocycles. The lowest BCUT2D eigenvalue weighted by Crippen LogP contribution is -2.59. The van der Waals surface area contributed by atoms with Gasteiger partial charge in [0.2, 0.25) is 17.7 Å². The first-order chi connectivity index (χ1) is 19.3. The van der Waals surface area contributed by atoms with E-state index in [0.717, 1.165) is 5.56 Å². The van der Waals surface area contributed by atoms with Gasteiger partial charge in [0.1, 0.15) is 17.8 Å². The van der Waals surface area contributed by atoms with Crippen LogP contribution in [0.5, 0.6) is 5.75 Å². The standard InChI is InChI=1S/C31H38N4O6/c1-7-21-13-15-22(16-14-21)20(2)32-28(38)25-17-23(36)19-35(25)29(39)27(31(3,4)18-26(37)34(5)6)33-30(40)41-24-11-9-8-10-12-24/h1,8-16,20,23,25,27,36H,17-19H2,2-6H3,(H,32,38)(H,33,40)/t20-,23+,25-,27+/m0/s1. The number of terminal acetylenes is 1. The van der Waals surface area contributed by atoms with Crippen molar-refractivity contribution in [1.29, 1.82) is 0 Å². The van der Waals surface area contributed by atoms with E-state index in [1.807, 2.05) is 12.1 Å². The Kier molecular flexibility index (Phi) is 10.1. The predicted octanol–water partition coefficient (Wildman–Crippen LogP) is 2.47. The van der Waals surface area contributed by atoms with E-state index in [4.69, 9.17) is 11.2 Å². The van der Waals surface area contributed by atoms with Gasteiger partial charge in [-0.15, -0.1) is 6.42 Å². The van der Waals surface area contributed by atoms with Crippen molar-refractivity contribution in [3.05, 3.63) is 65.7 Å². The largest absolute Gasteiger partial charge is 0.413 e. The van der Waals surface area contributed by atoms with Gasteiger partial charge in [0, 0.05) is 44.5 Å². The maximum Gasteiger partial charge on any atom is 0.413 e. The van der Waals surface area contributed by atoms with Gasteiger partial charge in [0.15, 0.2) is 0 Å². The Morgan fingerprint density at radius 3 is 2.32 bits per heavy atom. The Morgan fingerprint density at radius 1 is 1.10 bits per heavy atom. The highest BCUT2D eigenvalue weighted by Gasteiger charge is 2.47. The highest BCUT2D eigenvalue weighted by atomic mass is 16.6. The van der Waals surface area contributed by atoms with Crippen LogP contribution < -0.4 is 15.4 Å². The summed E-state index contributed by atoms with van der Waals surface area (Å²) in [5, 5.41) is 16.0. The summed E-state index contributed by atoms with van der Waals surface area (Å²) in [6.45, 7) is 5.07.